The van der Waals surface area contributed by atoms with E-state index in [1.807, 2.05) is 11.0 Å². The normalized spacial score (nSPS) is 32.4. The summed E-state index contributed by atoms with van der Waals surface area (Å²) in [5.74, 6) is 1.71. The summed E-state index contributed by atoms with van der Waals surface area (Å²) in [5, 5.41) is 4.54. The molecule has 0 bridgehead atoms. The number of nitrogens with two attached hydrogens (primary N) is 1. The van der Waals surface area contributed by atoms with Crippen molar-refractivity contribution in [3.8, 4) is 0 Å². The van der Waals surface area contributed by atoms with Crippen LogP contribution in [0.2, 0.25) is 0 Å². The monoisotopic (exact) mass is 192 g/mol. The Kier molecular flexibility index (Phi) is 1.83. The van der Waals surface area contributed by atoms with E-state index >= 15 is 0 Å². The van der Waals surface area contributed by atoms with Crippen molar-refractivity contribution in [3.05, 3.63) is 12.2 Å². The Balaban J connectivity index is 1.75. The molecule has 2 saturated carbocycles. The summed E-state index contributed by atoms with van der Waals surface area (Å²) in [6, 6.07) is 0.874. The second-order valence-corrected chi connectivity index (χ2v) is 4.58. The molecule has 1 aromatic rings. The number of aromatic nitrogens is 3. The first-order valence-electron chi connectivity index (χ1n) is 5.49. The molecule has 2 atom stereocenters. The van der Waals surface area contributed by atoms with Gasteiger partial charge in [0, 0.05) is 12.0 Å². The topological polar surface area (TPSA) is 56.7 Å². The third kappa shape index (κ3) is 1.43. The summed E-state index contributed by atoms with van der Waals surface area (Å²) in [7, 11) is 0. The second-order valence-electron chi connectivity index (χ2n) is 4.58. The van der Waals surface area contributed by atoms with Crippen LogP contribution < -0.4 is 5.73 Å². The minimum Gasteiger partial charge on any atom is -0.328 e. The van der Waals surface area contributed by atoms with Crippen molar-refractivity contribution >= 4 is 0 Å². The predicted molar refractivity (Wildman–Crippen MR) is 52.9 cm³/mol. The first kappa shape index (κ1) is 8.41. The standard InChI is InChI=1S/C10H16N4/c11-8-3-4-9(5-8)14-6-12-10(13-14)7-1-2-7/h6-9H,1-5,11H2. The summed E-state index contributed by atoms with van der Waals surface area (Å²) < 4.78 is 2.03. The van der Waals surface area contributed by atoms with Crippen molar-refractivity contribution < 1.29 is 0 Å². The molecule has 2 aliphatic carbocycles. The fourth-order valence-corrected chi connectivity index (χ4v) is 2.22. The number of rotatable bonds is 2. The zero-order valence-electron chi connectivity index (χ0n) is 8.26. The van der Waals surface area contributed by atoms with E-state index in [1.54, 1.807) is 0 Å². The lowest BCUT2D eigenvalue weighted by molar-refractivity contribution is 0.456. The highest BCUT2D eigenvalue weighted by Crippen LogP contribution is 2.38. The van der Waals surface area contributed by atoms with Crippen molar-refractivity contribution in [1.29, 1.82) is 0 Å². The quantitative estimate of drug-likeness (QED) is 0.766. The fourth-order valence-electron chi connectivity index (χ4n) is 2.22. The lowest BCUT2D eigenvalue weighted by Gasteiger charge is -2.08. The van der Waals surface area contributed by atoms with E-state index in [0.29, 0.717) is 18.0 Å². The van der Waals surface area contributed by atoms with Gasteiger partial charge < -0.3 is 5.73 Å². The van der Waals surface area contributed by atoms with E-state index in [-0.39, 0.29) is 0 Å². The molecule has 0 amide bonds. The van der Waals surface area contributed by atoms with Crippen LogP contribution in [0.15, 0.2) is 6.33 Å². The first-order chi connectivity index (χ1) is 6.83. The number of hydrogen-bond donors (Lipinski definition) is 1. The van der Waals surface area contributed by atoms with Crippen molar-refractivity contribution in [3.63, 3.8) is 0 Å². The maximum absolute atomic E-state index is 5.88. The third-order valence-corrected chi connectivity index (χ3v) is 3.29. The van der Waals surface area contributed by atoms with Gasteiger partial charge in [0.15, 0.2) is 5.82 Å². The molecule has 4 heteroatoms. The Hall–Kier alpha value is -0.900. The summed E-state index contributed by atoms with van der Waals surface area (Å²) in [6.45, 7) is 0. The molecule has 0 aliphatic heterocycles. The Morgan fingerprint density at radius 1 is 1.29 bits per heavy atom. The highest BCUT2D eigenvalue weighted by atomic mass is 15.3. The van der Waals surface area contributed by atoms with Gasteiger partial charge in [-0.15, -0.1) is 0 Å². The van der Waals surface area contributed by atoms with Crippen LogP contribution in [-0.4, -0.2) is 20.8 Å². The van der Waals surface area contributed by atoms with E-state index < -0.39 is 0 Å². The lowest BCUT2D eigenvalue weighted by atomic mass is 10.2. The van der Waals surface area contributed by atoms with Gasteiger partial charge in [0.2, 0.25) is 0 Å². The van der Waals surface area contributed by atoms with E-state index in [9.17, 15) is 0 Å². The Morgan fingerprint density at radius 3 is 2.79 bits per heavy atom. The van der Waals surface area contributed by atoms with Crippen LogP contribution in [0.5, 0.6) is 0 Å². The summed E-state index contributed by atoms with van der Waals surface area (Å²) >= 11 is 0. The minimum atomic E-state index is 0.369. The van der Waals surface area contributed by atoms with Gasteiger partial charge >= 0.3 is 0 Å². The molecule has 76 valence electrons. The maximum atomic E-state index is 5.88. The largest absolute Gasteiger partial charge is 0.328 e. The zero-order chi connectivity index (χ0) is 9.54. The van der Waals surface area contributed by atoms with Crippen LogP contribution in [-0.2, 0) is 0 Å². The van der Waals surface area contributed by atoms with Gasteiger partial charge in [-0.2, -0.15) is 5.10 Å². The molecule has 2 aliphatic rings. The highest BCUT2D eigenvalue weighted by Gasteiger charge is 2.29. The molecule has 0 saturated heterocycles. The highest BCUT2D eigenvalue weighted by molar-refractivity contribution is 5.03. The predicted octanol–water partition coefficient (Wildman–Crippen LogP) is 1.21. The van der Waals surface area contributed by atoms with Crippen molar-refractivity contribution in [1.82, 2.24) is 14.8 Å². The molecule has 3 rings (SSSR count). The lowest BCUT2D eigenvalue weighted by Crippen LogP contribution is -2.16. The van der Waals surface area contributed by atoms with Crippen LogP contribution in [0, 0.1) is 0 Å². The van der Waals surface area contributed by atoms with Crippen molar-refractivity contribution in [2.24, 2.45) is 5.73 Å². The van der Waals surface area contributed by atoms with Crippen molar-refractivity contribution in [2.45, 2.75) is 50.1 Å². The molecule has 1 heterocycles. The van der Waals surface area contributed by atoms with Crippen molar-refractivity contribution in [2.75, 3.05) is 0 Å². The Morgan fingerprint density at radius 2 is 2.14 bits per heavy atom. The molecule has 4 nitrogen and oxygen atoms in total. The SMILES string of the molecule is NC1CCC(n2cnc(C3CC3)n2)C1. The Labute approximate surface area is 83.5 Å². The van der Waals surface area contributed by atoms with Crippen LogP contribution >= 0.6 is 0 Å². The second kappa shape index (κ2) is 3.05. The van der Waals surface area contributed by atoms with E-state index in [0.717, 1.165) is 25.1 Å². The van der Waals surface area contributed by atoms with Gasteiger partial charge in [0.1, 0.15) is 6.33 Å². The average molecular weight is 192 g/mol. The number of nitrogens with zero attached hydrogens (tertiary/aromatic N) is 3. The third-order valence-electron chi connectivity index (χ3n) is 3.29. The molecule has 0 spiro atoms. The molecule has 2 unspecified atom stereocenters. The number of hydrogen-bond acceptors (Lipinski definition) is 3. The van der Waals surface area contributed by atoms with E-state index in [4.69, 9.17) is 5.73 Å². The molecular weight excluding hydrogens is 176 g/mol. The average Bonchev–Trinajstić information content (AvgIpc) is 2.76. The molecule has 0 radical (unpaired) electrons. The van der Waals surface area contributed by atoms with Gasteiger partial charge in [-0.25, -0.2) is 9.67 Å². The van der Waals surface area contributed by atoms with Crippen LogP contribution in [0.1, 0.15) is 49.9 Å². The molecule has 0 aromatic carbocycles. The fraction of sp³-hybridized carbons (Fsp3) is 0.800. The summed E-state index contributed by atoms with van der Waals surface area (Å²) in [6.07, 6.45) is 7.78. The van der Waals surface area contributed by atoms with Crippen LogP contribution in [0.3, 0.4) is 0 Å². The van der Waals surface area contributed by atoms with Gasteiger partial charge in [-0.05, 0) is 32.1 Å². The van der Waals surface area contributed by atoms with Gasteiger partial charge in [-0.1, -0.05) is 0 Å². The molecule has 1 aromatic heterocycles. The maximum Gasteiger partial charge on any atom is 0.153 e. The smallest absolute Gasteiger partial charge is 0.153 e. The Bertz CT molecular complexity index is 329. The van der Waals surface area contributed by atoms with E-state index in [2.05, 4.69) is 10.1 Å². The molecular formula is C10H16N4. The molecule has 2 N–H and O–H groups in total. The summed E-state index contributed by atoms with van der Waals surface area (Å²) in [5.41, 5.74) is 5.88. The first-order valence-corrected chi connectivity index (χ1v) is 5.49. The van der Waals surface area contributed by atoms with Gasteiger partial charge in [-0.3, -0.25) is 0 Å². The van der Waals surface area contributed by atoms with E-state index in [1.165, 1.54) is 12.8 Å². The molecule has 14 heavy (non-hydrogen) atoms. The summed E-state index contributed by atoms with van der Waals surface area (Å²) in [4.78, 5) is 4.36. The van der Waals surface area contributed by atoms with Gasteiger partial charge in [0.05, 0.1) is 6.04 Å². The van der Waals surface area contributed by atoms with Crippen LogP contribution in [0.25, 0.3) is 0 Å². The zero-order valence-corrected chi connectivity index (χ0v) is 8.26. The minimum absolute atomic E-state index is 0.369. The van der Waals surface area contributed by atoms with Crippen LogP contribution in [0.4, 0.5) is 0 Å². The van der Waals surface area contributed by atoms with Gasteiger partial charge in [0.25, 0.3) is 0 Å². The molecule has 2 fully saturated rings.